The number of H-pyrrole nitrogens is 1. The second-order valence-corrected chi connectivity index (χ2v) is 5.19. The molecule has 1 aromatic heterocycles. The zero-order valence-corrected chi connectivity index (χ0v) is 11.4. The predicted octanol–water partition coefficient (Wildman–Crippen LogP) is 2.82. The molecular weight excluding hydrogens is 238 g/mol. The first-order valence-corrected chi connectivity index (χ1v) is 7.14. The van der Waals surface area contributed by atoms with Crippen molar-refractivity contribution in [3.63, 3.8) is 0 Å². The van der Waals surface area contributed by atoms with Crippen LogP contribution in [0.3, 0.4) is 0 Å². The molecule has 3 rings (SSSR count). The van der Waals surface area contributed by atoms with E-state index in [0.717, 1.165) is 43.3 Å². The predicted molar refractivity (Wildman–Crippen MR) is 77.5 cm³/mol. The number of hydrogen-bond donors (Lipinski definition) is 1. The standard InChI is InChI=1S/C15H21N3O/c1-2-19-11-12-6-5-9-18(10-12)15-16-13-7-3-4-8-14(13)17-15/h3-4,7-8,12H,2,5-6,9-11H2,1H3,(H,16,17). The summed E-state index contributed by atoms with van der Waals surface area (Å²) in [5, 5.41) is 0. The summed E-state index contributed by atoms with van der Waals surface area (Å²) in [6.07, 6.45) is 2.48. The summed E-state index contributed by atoms with van der Waals surface area (Å²) in [5.74, 6) is 1.63. The van der Waals surface area contributed by atoms with E-state index in [1.165, 1.54) is 12.8 Å². The minimum atomic E-state index is 0.627. The van der Waals surface area contributed by atoms with Gasteiger partial charge in [-0.05, 0) is 37.8 Å². The number of anilines is 1. The molecule has 1 aromatic carbocycles. The molecular formula is C15H21N3O. The molecule has 1 atom stereocenters. The van der Waals surface area contributed by atoms with Crippen LogP contribution in [0.2, 0.25) is 0 Å². The van der Waals surface area contributed by atoms with Gasteiger partial charge in [0.1, 0.15) is 0 Å². The number of para-hydroxylation sites is 2. The second-order valence-electron chi connectivity index (χ2n) is 5.19. The molecule has 0 amide bonds. The topological polar surface area (TPSA) is 41.1 Å². The number of aromatic amines is 1. The molecule has 1 saturated heterocycles. The van der Waals surface area contributed by atoms with Crippen LogP contribution in [-0.4, -0.2) is 36.3 Å². The molecule has 1 aliphatic heterocycles. The van der Waals surface area contributed by atoms with E-state index in [1.807, 2.05) is 12.1 Å². The number of nitrogens with zero attached hydrogens (tertiary/aromatic N) is 2. The van der Waals surface area contributed by atoms with Crippen molar-refractivity contribution in [2.45, 2.75) is 19.8 Å². The number of piperidine rings is 1. The minimum absolute atomic E-state index is 0.627. The lowest BCUT2D eigenvalue weighted by molar-refractivity contribution is 0.104. The molecule has 102 valence electrons. The van der Waals surface area contributed by atoms with E-state index in [2.05, 4.69) is 33.9 Å². The van der Waals surface area contributed by atoms with Gasteiger partial charge in [-0.15, -0.1) is 0 Å². The van der Waals surface area contributed by atoms with Crippen molar-refractivity contribution in [2.24, 2.45) is 5.92 Å². The maximum Gasteiger partial charge on any atom is 0.203 e. The van der Waals surface area contributed by atoms with Crippen LogP contribution in [0, 0.1) is 5.92 Å². The summed E-state index contributed by atoms with van der Waals surface area (Å²) in [7, 11) is 0. The van der Waals surface area contributed by atoms with Crippen molar-refractivity contribution in [1.82, 2.24) is 9.97 Å². The SMILES string of the molecule is CCOCC1CCCN(c2nc3ccccc3[nH]2)C1. The van der Waals surface area contributed by atoms with Gasteiger partial charge in [-0.25, -0.2) is 4.98 Å². The fourth-order valence-electron chi connectivity index (χ4n) is 2.77. The molecule has 0 bridgehead atoms. The lowest BCUT2D eigenvalue weighted by Gasteiger charge is -2.32. The largest absolute Gasteiger partial charge is 0.381 e. The first-order valence-electron chi connectivity index (χ1n) is 7.14. The summed E-state index contributed by atoms with van der Waals surface area (Å²) >= 11 is 0. The van der Waals surface area contributed by atoms with Crippen molar-refractivity contribution in [1.29, 1.82) is 0 Å². The molecule has 0 saturated carbocycles. The third-order valence-electron chi connectivity index (χ3n) is 3.75. The summed E-state index contributed by atoms with van der Waals surface area (Å²) in [5.41, 5.74) is 2.16. The Hall–Kier alpha value is -1.55. The van der Waals surface area contributed by atoms with E-state index in [9.17, 15) is 0 Å². The minimum Gasteiger partial charge on any atom is -0.381 e. The van der Waals surface area contributed by atoms with Gasteiger partial charge in [0.15, 0.2) is 0 Å². The molecule has 1 unspecified atom stereocenters. The van der Waals surface area contributed by atoms with E-state index in [0.29, 0.717) is 5.92 Å². The van der Waals surface area contributed by atoms with Gasteiger partial charge in [0, 0.05) is 19.7 Å². The number of hydrogen-bond acceptors (Lipinski definition) is 3. The molecule has 1 N–H and O–H groups in total. The highest BCUT2D eigenvalue weighted by Crippen LogP contribution is 2.23. The zero-order chi connectivity index (χ0) is 13.1. The van der Waals surface area contributed by atoms with Crippen molar-refractivity contribution in [3.05, 3.63) is 24.3 Å². The molecule has 1 fully saturated rings. The van der Waals surface area contributed by atoms with Crippen molar-refractivity contribution in [2.75, 3.05) is 31.2 Å². The highest BCUT2D eigenvalue weighted by atomic mass is 16.5. The first kappa shape index (κ1) is 12.5. The molecule has 4 nitrogen and oxygen atoms in total. The average Bonchev–Trinajstić information content (AvgIpc) is 2.89. The maximum absolute atomic E-state index is 5.56. The van der Waals surface area contributed by atoms with E-state index in [-0.39, 0.29) is 0 Å². The summed E-state index contributed by atoms with van der Waals surface area (Å²) < 4.78 is 5.56. The van der Waals surface area contributed by atoms with E-state index < -0.39 is 0 Å². The van der Waals surface area contributed by atoms with Crippen LogP contribution in [0.15, 0.2) is 24.3 Å². The van der Waals surface area contributed by atoms with Gasteiger partial charge in [0.25, 0.3) is 0 Å². The first-order chi connectivity index (χ1) is 9.36. The molecule has 0 spiro atoms. The van der Waals surface area contributed by atoms with Crippen LogP contribution in [0.4, 0.5) is 5.95 Å². The lowest BCUT2D eigenvalue weighted by Crippen LogP contribution is -2.37. The fourth-order valence-corrected chi connectivity index (χ4v) is 2.77. The van der Waals surface area contributed by atoms with E-state index in [4.69, 9.17) is 4.74 Å². The Balaban J connectivity index is 1.73. The number of benzene rings is 1. The summed E-state index contributed by atoms with van der Waals surface area (Å²) in [4.78, 5) is 10.5. The van der Waals surface area contributed by atoms with Crippen LogP contribution < -0.4 is 4.90 Å². The van der Waals surface area contributed by atoms with Gasteiger partial charge in [-0.2, -0.15) is 0 Å². The summed E-state index contributed by atoms with van der Waals surface area (Å²) in [6.45, 7) is 5.86. The molecule has 2 heterocycles. The Morgan fingerprint density at radius 2 is 2.32 bits per heavy atom. The molecule has 4 heteroatoms. The smallest absolute Gasteiger partial charge is 0.203 e. The molecule has 1 aliphatic rings. The van der Waals surface area contributed by atoms with Crippen LogP contribution in [0.25, 0.3) is 11.0 Å². The Morgan fingerprint density at radius 3 is 3.16 bits per heavy atom. The Bertz CT molecular complexity index is 504. The van der Waals surface area contributed by atoms with Gasteiger partial charge in [0.05, 0.1) is 17.6 Å². The van der Waals surface area contributed by atoms with Crippen LogP contribution in [0.1, 0.15) is 19.8 Å². The number of rotatable bonds is 4. The lowest BCUT2D eigenvalue weighted by atomic mass is 9.99. The monoisotopic (exact) mass is 259 g/mol. The molecule has 0 radical (unpaired) electrons. The summed E-state index contributed by atoms with van der Waals surface area (Å²) in [6, 6.07) is 8.20. The second kappa shape index (κ2) is 5.61. The zero-order valence-electron chi connectivity index (χ0n) is 11.4. The Morgan fingerprint density at radius 1 is 1.42 bits per heavy atom. The third kappa shape index (κ3) is 2.73. The van der Waals surface area contributed by atoms with Crippen LogP contribution in [0.5, 0.6) is 0 Å². The van der Waals surface area contributed by atoms with Gasteiger partial charge in [-0.1, -0.05) is 12.1 Å². The quantitative estimate of drug-likeness (QED) is 0.918. The number of aromatic nitrogens is 2. The molecule has 2 aromatic rings. The van der Waals surface area contributed by atoms with Crippen LogP contribution >= 0.6 is 0 Å². The fraction of sp³-hybridized carbons (Fsp3) is 0.533. The normalized spacial score (nSPS) is 20.1. The molecule has 0 aliphatic carbocycles. The number of fused-ring (bicyclic) bond motifs is 1. The Labute approximate surface area is 113 Å². The van der Waals surface area contributed by atoms with Gasteiger partial charge in [0.2, 0.25) is 5.95 Å². The highest BCUT2D eigenvalue weighted by Gasteiger charge is 2.22. The van der Waals surface area contributed by atoms with Crippen molar-refractivity contribution in [3.8, 4) is 0 Å². The van der Waals surface area contributed by atoms with E-state index >= 15 is 0 Å². The third-order valence-corrected chi connectivity index (χ3v) is 3.75. The van der Waals surface area contributed by atoms with Crippen molar-refractivity contribution < 1.29 is 4.74 Å². The van der Waals surface area contributed by atoms with Crippen LogP contribution in [-0.2, 0) is 4.74 Å². The number of nitrogens with one attached hydrogen (secondary N) is 1. The van der Waals surface area contributed by atoms with Gasteiger partial charge < -0.3 is 14.6 Å². The average molecular weight is 259 g/mol. The van der Waals surface area contributed by atoms with E-state index in [1.54, 1.807) is 0 Å². The van der Waals surface area contributed by atoms with Gasteiger partial charge in [-0.3, -0.25) is 0 Å². The Kier molecular flexibility index (Phi) is 3.69. The van der Waals surface area contributed by atoms with Gasteiger partial charge >= 0.3 is 0 Å². The number of imidazole rings is 1. The molecule has 19 heavy (non-hydrogen) atoms. The highest BCUT2D eigenvalue weighted by molar-refractivity contribution is 5.77. The number of ether oxygens (including phenoxy) is 1. The maximum atomic E-state index is 5.56. The van der Waals surface area contributed by atoms with Crippen molar-refractivity contribution >= 4 is 17.0 Å².